The minimum atomic E-state index is -0.0248. The zero-order valence-electron chi connectivity index (χ0n) is 9.56. The fourth-order valence-corrected chi connectivity index (χ4v) is 2.21. The van der Waals surface area contributed by atoms with E-state index in [9.17, 15) is 4.79 Å². The van der Waals surface area contributed by atoms with Crippen LogP contribution in [0.4, 0.5) is 5.82 Å². The molecule has 0 spiro atoms. The maximum Gasteiger partial charge on any atom is 0.293 e. The fraction of sp³-hybridized carbons (Fsp3) is 0.636. The van der Waals surface area contributed by atoms with Gasteiger partial charge in [-0.05, 0) is 20.3 Å². The van der Waals surface area contributed by atoms with Gasteiger partial charge in [-0.3, -0.25) is 4.79 Å². The molecule has 1 aliphatic rings. The minimum Gasteiger partial charge on any atom is -0.350 e. The summed E-state index contributed by atoms with van der Waals surface area (Å²) in [5, 5.41) is 0.133. The Morgan fingerprint density at radius 2 is 2.31 bits per heavy atom. The lowest BCUT2D eigenvalue weighted by Crippen LogP contribution is -2.32. The Balaban J connectivity index is 2.35. The first-order valence-electron chi connectivity index (χ1n) is 5.55. The Morgan fingerprint density at radius 1 is 1.56 bits per heavy atom. The van der Waals surface area contributed by atoms with Crippen molar-refractivity contribution in [2.45, 2.75) is 31.7 Å². The summed E-state index contributed by atoms with van der Waals surface area (Å²) >= 11 is 6.03. The molecule has 5 heteroatoms. The molecular weight excluding hydrogens is 226 g/mol. The molecule has 2 heterocycles. The minimum absolute atomic E-state index is 0.0248. The van der Waals surface area contributed by atoms with Gasteiger partial charge in [0.2, 0.25) is 0 Å². The van der Waals surface area contributed by atoms with Crippen LogP contribution in [0.3, 0.4) is 0 Å². The van der Waals surface area contributed by atoms with Crippen LogP contribution in [0.15, 0.2) is 17.2 Å². The van der Waals surface area contributed by atoms with Crippen molar-refractivity contribution in [2.24, 2.45) is 0 Å². The highest BCUT2D eigenvalue weighted by Crippen LogP contribution is 2.18. The molecule has 0 aliphatic carbocycles. The Hall–Kier alpha value is -1.03. The standard InChI is InChI=1S/C11H16ClN3O/c1-8(2)15-6-4-13-10(11(15)16)14-5-3-9(12)7-14/h4,6,8-9H,3,5,7H2,1-2H3. The van der Waals surface area contributed by atoms with E-state index < -0.39 is 0 Å². The highest BCUT2D eigenvalue weighted by atomic mass is 35.5. The van der Waals surface area contributed by atoms with Crippen LogP contribution in [0, 0.1) is 0 Å². The molecule has 0 amide bonds. The second-order valence-corrected chi connectivity index (χ2v) is 5.01. The second-order valence-electron chi connectivity index (χ2n) is 4.39. The first kappa shape index (κ1) is 11.5. The summed E-state index contributed by atoms with van der Waals surface area (Å²) in [5.74, 6) is 0.527. The summed E-state index contributed by atoms with van der Waals surface area (Å²) in [7, 11) is 0. The molecule has 1 aliphatic heterocycles. The van der Waals surface area contributed by atoms with Gasteiger partial charge in [0.15, 0.2) is 5.82 Å². The quantitative estimate of drug-likeness (QED) is 0.739. The fourth-order valence-electron chi connectivity index (χ4n) is 1.95. The molecule has 0 saturated carbocycles. The van der Waals surface area contributed by atoms with Gasteiger partial charge in [0.05, 0.1) is 5.38 Å². The van der Waals surface area contributed by atoms with Crippen LogP contribution in [0.25, 0.3) is 0 Å². The molecule has 16 heavy (non-hydrogen) atoms. The predicted octanol–water partition coefficient (Wildman–Crippen LogP) is 1.64. The van der Waals surface area contributed by atoms with Crippen LogP contribution in [0.2, 0.25) is 0 Å². The molecule has 0 bridgehead atoms. The first-order chi connectivity index (χ1) is 7.59. The number of aromatic nitrogens is 2. The topological polar surface area (TPSA) is 38.1 Å². The van der Waals surface area contributed by atoms with Gasteiger partial charge in [-0.1, -0.05) is 0 Å². The van der Waals surface area contributed by atoms with Crippen molar-refractivity contribution in [3.8, 4) is 0 Å². The molecule has 1 aromatic rings. The van der Waals surface area contributed by atoms with E-state index in [2.05, 4.69) is 4.98 Å². The number of nitrogens with zero attached hydrogens (tertiary/aromatic N) is 3. The van der Waals surface area contributed by atoms with Gasteiger partial charge in [-0.25, -0.2) is 4.98 Å². The van der Waals surface area contributed by atoms with Gasteiger partial charge in [0, 0.05) is 31.5 Å². The van der Waals surface area contributed by atoms with Gasteiger partial charge in [0.25, 0.3) is 5.56 Å². The van der Waals surface area contributed by atoms with Gasteiger partial charge < -0.3 is 9.47 Å². The van der Waals surface area contributed by atoms with Crippen molar-refractivity contribution < 1.29 is 0 Å². The maximum absolute atomic E-state index is 12.1. The van der Waals surface area contributed by atoms with Gasteiger partial charge in [-0.2, -0.15) is 0 Å². The maximum atomic E-state index is 12.1. The Bertz CT molecular complexity index is 429. The second kappa shape index (κ2) is 4.45. The van der Waals surface area contributed by atoms with E-state index in [1.54, 1.807) is 17.0 Å². The number of anilines is 1. The van der Waals surface area contributed by atoms with Crippen LogP contribution in [0.1, 0.15) is 26.3 Å². The smallest absolute Gasteiger partial charge is 0.293 e. The molecule has 2 rings (SSSR count). The molecule has 0 aromatic carbocycles. The lowest BCUT2D eigenvalue weighted by atomic mass is 10.4. The van der Waals surface area contributed by atoms with Crippen molar-refractivity contribution in [1.82, 2.24) is 9.55 Å². The van der Waals surface area contributed by atoms with Crippen molar-refractivity contribution in [3.05, 3.63) is 22.7 Å². The summed E-state index contributed by atoms with van der Waals surface area (Å²) in [6.45, 7) is 5.50. The molecule has 1 saturated heterocycles. The predicted molar refractivity (Wildman–Crippen MR) is 65.4 cm³/mol. The zero-order chi connectivity index (χ0) is 11.7. The normalized spacial score (nSPS) is 20.8. The third kappa shape index (κ3) is 2.07. The number of alkyl halides is 1. The molecule has 0 N–H and O–H groups in total. The largest absolute Gasteiger partial charge is 0.350 e. The van der Waals surface area contributed by atoms with E-state index in [1.165, 1.54) is 0 Å². The van der Waals surface area contributed by atoms with Gasteiger partial charge in [-0.15, -0.1) is 11.6 Å². The zero-order valence-corrected chi connectivity index (χ0v) is 10.3. The molecule has 1 fully saturated rings. The molecule has 88 valence electrons. The highest BCUT2D eigenvalue weighted by molar-refractivity contribution is 6.21. The monoisotopic (exact) mass is 241 g/mol. The molecule has 1 atom stereocenters. The van der Waals surface area contributed by atoms with E-state index in [-0.39, 0.29) is 17.0 Å². The third-order valence-electron chi connectivity index (χ3n) is 2.84. The van der Waals surface area contributed by atoms with Crippen LogP contribution >= 0.6 is 11.6 Å². The summed E-state index contributed by atoms with van der Waals surface area (Å²) in [6.07, 6.45) is 4.32. The Kier molecular flexibility index (Phi) is 3.19. The molecule has 0 radical (unpaired) electrons. The van der Waals surface area contributed by atoms with E-state index in [1.807, 2.05) is 18.7 Å². The van der Waals surface area contributed by atoms with Crippen LogP contribution < -0.4 is 10.5 Å². The summed E-state index contributed by atoms with van der Waals surface area (Å²) in [5.41, 5.74) is -0.0248. The highest BCUT2D eigenvalue weighted by Gasteiger charge is 2.24. The van der Waals surface area contributed by atoms with Crippen LogP contribution in [0.5, 0.6) is 0 Å². The average Bonchev–Trinajstić information content (AvgIpc) is 2.64. The van der Waals surface area contributed by atoms with Crippen molar-refractivity contribution in [3.63, 3.8) is 0 Å². The molecular formula is C11H16ClN3O. The molecule has 1 unspecified atom stereocenters. The Morgan fingerprint density at radius 3 is 2.88 bits per heavy atom. The van der Waals surface area contributed by atoms with E-state index in [0.29, 0.717) is 12.4 Å². The average molecular weight is 242 g/mol. The van der Waals surface area contributed by atoms with E-state index in [0.717, 1.165) is 13.0 Å². The van der Waals surface area contributed by atoms with Gasteiger partial charge >= 0.3 is 0 Å². The Labute approximate surface area is 99.9 Å². The van der Waals surface area contributed by atoms with Gasteiger partial charge in [0.1, 0.15) is 0 Å². The summed E-state index contributed by atoms with van der Waals surface area (Å²) in [4.78, 5) is 18.3. The van der Waals surface area contributed by atoms with Crippen molar-refractivity contribution >= 4 is 17.4 Å². The number of hydrogen-bond acceptors (Lipinski definition) is 3. The summed E-state index contributed by atoms with van der Waals surface area (Å²) < 4.78 is 1.70. The van der Waals surface area contributed by atoms with Crippen LogP contribution in [-0.4, -0.2) is 28.0 Å². The molecule has 1 aromatic heterocycles. The molecule has 4 nitrogen and oxygen atoms in total. The first-order valence-corrected chi connectivity index (χ1v) is 5.99. The van der Waals surface area contributed by atoms with E-state index in [4.69, 9.17) is 11.6 Å². The lowest BCUT2D eigenvalue weighted by molar-refractivity contribution is 0.572. The number of rotatable bonds is 2. The lowest BCUT2D eigenvalue weighted by Gasteiger charge is -2.18. The van der Waals surface area contributed by atoms with E-state index >= 15 is 0 Å². The third-order valence-corrected chi connectivity index (χ3v) is 3.19. The van der Waals surface area contributed by atoms with Crippen molar-refractivity contribution in [1.29, 1.82) is 0 Å². The number of halogens is 1. The summed E-state index contributed by atoms with van der Waals surface area (Å²) in [6, 6.07) is 0.156. The number of hydrogen-bond donors (Lipinski definition) is 0. The SMILES string of the molecule is CC(C)n1ccnc(N2CCC(Cl)C2)c1=O. The van der Waals surface area contributed by atoms with Crippen molar-refractivity contribution in [2.75, 3.05) is 18.0 Å². The van der Waals surface area contributed by atoms with Crippen LogP contribution in [-0.2, 0) is 0 Å².